The van der Waals surface area contributed by atoms with Gasteiger partial charge in [0.1, 0.15) is 0 Å². The third-order valence-corrected chi connectivity index (χ3v) is 1.81. The number of carbonyl (C=O) groups is 1. The minimum absolute atomic E-state index is 0.0975. The summed E-state index contributed by atoms with van der Waals surface area (Å²) in [5.74, 6) is 0. The molecule has 0 aliphatic heterocycles. The van der Waals surface area contributed by atoms with Crippen molar-refractivity contribution in [2.24, 2.45) is 15.3 Å². The molecule has 1 atom stereocenters. The molecule has 0 aliphatic rings. The maximum atomic E-state index is 10.7. The van der Waals surface area contributed by atoms with Crippen LogP contribution in [0.3, 0.4) is 0 Å². The van der Waals surface area contributed by atoms with E-state index in [0.29, 0.717) is 0 Å². The van der Waals surface area contributed by atoms with Crippen molar-refractivity contribution in [1.82, 2.24) is 0 Å². The van der Waals surface area contributed by atoms with Crippen LogP contribution in [0.4, 0.5) is 0 Å². The first-order valence-electron chi connectivity index (χ1n) is 4.87. The fourth-order valence-corrected chi connectivity index (χ4v) is 0.904. The predicted molar refractivity (Wildman–Crippen MR) is 62.3 cm³/mol. The number of hydrogen-bond donors (Lipinski definition) is 0. The van der Waals surface area contributed by atoms with Crippen LogP contribution in [0.25, 0.3) is 10.4 Å². The SMILES string of the molecule is CC(C)(C)N=NC(C)(CCC(=O)Cl)N=[N+]=[N-]. The van der Waals surface area contributed by atoms with Crippen LogP contribution in [-0.2, 0) is 4.79 Å². The highest BCUT2D eigenvalue weighted by molar-refractivity contribution is 6.63. The van der Waals surface area contributed by atoms with E-state index in [2.05, 4.69) is 20.3 Å². The molecule has 6 nitrogen and oxygen atoms in total. The average molecular weight is 246 g/mol. The first-order chi connectivity index (χ1) is 7.18. The van der Waals surface area contributed by atoms with Gasteiger partial charge in [0, 0.05) is 11.3 Å². The minimum Gasteiger partial charge on any atom is -0.281 e. The minimum atomic E-state index is -1.05. The molecule has 0 saturated heterocycles. The Labute approximate surface area is 99.7 Å². The van der Waals surface area contributed by atoms with E-state index in [4.69, 9.17) is 17.1 Å². The van der Waals surface area contributed by atoms with Gasteiger partial charge in [0.2, 0.25) is 5.24 Å². The van der Waals surface area contributed by atoms with Gasteiger partial charge in [-0.15, -0.1) is 0 Å². The van der Waals surface area contributed by atoms with Crippen molar-refractivity contribution >= 4 is 16.8 Å². The Balaban J connectivity index is 4.76. The number of carbonyl (C=O) groups excluding carboxylic acids is 1. The second-order valence-corrected chi connectivity index (χ2v) is 5.05. The van der Waals surface area contributed by atoms with E-state index in [0.717, 1.165) is 0 Å². The van der Waals surface area contributed by atoms with E-state index >= 15 is 0 Å². The molecule has 16 heavy (non-hydrogen) atoms. The smallest absolute Gasteiger partial charge is 0.221 e. The standard InChI is InChI=1S/C9H16ClN5O/c1-8(2,3)12-13-9(4,14-15-11)6-5-7(10)16/h5-6H2,1-4H3. The highest BCUT2D eigenvalue weighted by atomic mass is 35.5. The summed E-state index contributed by atoms with van der Waals surface area (Å²) in [4.78, 5) is 13.4. The summed E-state index contributed by atoms with van der Waals surface area (Å²) >= 11 is 5.23. The zero-order chi connectivity index (χ0) is 12.8. The summed E-state index contributed by atoms with van der Waals surface area (Å²) in [5.41, 5.74) is 7.04. The van der Waals surface area contributed by atoms with Gasteiger partial charge in [-0.2, -0.15) is 10.2 Å². The zero-order valence-corrected chi connectivity index (χ0v) is 10.7. The van der Waals surface area contributed by atoms with Crippen LogP contribution in [0, 0.1) is 0 Å². The predicted octanol–water partition coefficient (Wildman–Crippen LogP) is 3.81. The number of hydrogen-bond acceptors (Lipinski definition) is 4. The van der Waals surface area contributed by atoms with E-state index in [1.54, 1.807) is 6.92 Å². The Bertz CT molecular complexity index is 329. The van der Waals surface area contributed by atoms with E-state index in [-0.39, 0.29) is 18.4 Å². The Morgan fingerprint density at radius 2 is 1.88 bits per heavy atom. The van der Waals surface area contributed by atoms with Crippen molar-refractivity contribution in [1.29, 1.82) is 0 Å². The molecule has 0 bridgehead atoms. The van der Waals surface area contributed by atoms with Gasteiger partial charge >= 0.3 is 0 Å². The third kappa shape index (κ3) is 7.20. The number of nitrogens with zero attached hydrogens (tertiary/aromatic N) is 5. The van der Waals surface area contributed by atoms with Crippen molar-refractivity contribution in [3.8, 4) is 0 Å². The summed E-state index contributed by atoms with van der Waals surface area (Å²) in [6.45, 7) is 7.24. The third-order valence-electron chi connectivity index (χ3n) is 1.62. The lowest BCUT2D eigenvalue weighted by Gasteiger charge is -2.19. The average Bonchev–Trinajstić information content (AvgIpc) is 2.12. The number of azo groups is 1. The molecule has 1 unspecified atom stereocenters. The van der Waals surface area contributed by atoms with E-state index < -0.39 is 10.9 Å². The van der Waals surface area contributed by atoms with Gasteiger partial charge in [-0.3, -0.25) is 4.79 Å². The molecule has 0 rings (SSSR count). The fraction of sp³-hybridized carbons (Fsp3) is 0.889. The Hall–Kier alpha value is -1.13. The summed E-state index contributed by atoms with van der Waals surface area (Å²) in [5, 5.41) is 11.1. The van der Waals surface area contributed by atoms with Crippen LogP contribution in [0.15, 0.2) is 15.3 Å². The lowest BCUT2D eigenvalue weighted by Crippen LogP contribution is -2.20. The number of azide groups is 1. The van der Waals surface area contributed by atoms with Gasteiger partial charge in [0.15, 0.2) is 5.66 Å². The Kier molecular flexibility index (Phi) is 5.41. The normalized spacial score (nSPS) is 15.6. The van der Waals surface area contributed by atoms with Gasteiger partial charge < -0.3 is 0 Å². The van der Waals surface area contributed by atoms with Gasteiger partial charge in [0.25, 0.3) is 0 Å². The monoisotopic (exact) mass is 245 g/mol. The van der Waals surface area contributed by atoms with E-state index in [9.17, 15) is 4.79 Å². The first-order valence-corrected chi connectivity index (χ1v) is 5.25. The van der Waals surface area contributed by atoms with Crippen molar-refractivity contribution in [2.75, 3.05) is 0 Å². The number of halogens is 1. The number of rotatable bonds is 5. The summed E-state index contributed by atoms with van der Waals surface area (Å²) in [6, 6.07) is 0. The van der Waals surface area contributed by atoms with Crippen molar-refractivity contribution < 1.29 is 4.79 Å². The molecule has 0 spiro atoms. The molecule has 0 N–H and O–H groups in total. The van der Waals surface area contributed by atoms with Gasteiger partial charge in [-0.25, -0.2) is 0 Å². The van der Waals surface area contributed by atoms with Crippen LogP contribution < -0.4 is 0 Å². The fourth-order valence-electron chi connectivity index (χ4n) is 0.809. The highest BCUT2D eigenvalue weighted by Gasteiger charge is 2.24. The zero-order valence-electron chi connectivity index (χ0n) is 9.94. The lowest BCUT2D eigenvalue weighted by molar-refractivity contribution is -0.112. The van der Waals surface area contributed by atoms with Crippen LogP contribution in [0.2, 0.25) is 0 Å². The maximum absolute atomic E-state index is 10.7. The molecule has 0 heterocycles. The topological polar surface area (TPSA) is 90.5 Å². The molecule has 0 aromatic rings. The molecule has 0 fully saturated rings. The van der Waals surface area contributed by atoms with Crippen LogP contribution in [0.5, 0.6) is 0 Å². The first kappa shape index (κ1) is 14.9. The van der Waals surface area contributed by atoms with Crippen molar-refractivity contribution in [3.63, 3.8) is 0 Å². The molecule has 0 radical (unpaired) electrons. The molecule has 0 amide bonds. The molecule has 90 valence electrons. The molecule has 0 aromatic heterocycles. The lowest BCUT2D eigenvalue weighted by atomic mass is 10.1. The summed E-state index contributed by atoms with van der Waals surface area (Å²) in [7, 11) is 0. The highest BCUT2D eigenvalue weighted by Crippen LogP contribution is 2.23. The second-order valence-electron chi connectivity index (χ2n) is 4.63. The largest absolute Gasteiger partial charge is 0.281 e. The van der Waals surface area contributed by atoms with E-state index in [1.165, 1.54) is 0 Å². The van der Waals surface area contributed by atoms with Gasteiger partial charge in [-0.05, 0) is 51.2 Å². The summed E-state index contributed by atoms with van der Waals surface area (Å²) in [6.07, 6.45) is 0.346. The molecule has 0 aliphatic carbocycles. The Morgan fingerprint density at radius 1 is 1.31 bits per heavy atom. The van der Waals surface area contributed by atoms with Crippen LogP contribution in [-0.4, -0.2) is 16.4 Å². The molecule has 7 heteroatoms. The van der Waals surface area contributed by atoms with Gasteiger partial charge in [-0.1, -0.05) is 5.11 Å². The van der Waals surface area contributed by atoms with Gasteiger partial charge in [0.05, 0.1) is 5.54 Å². The quantitative estimate of drug-likeness (QED) is 0.313. The summed E-state index contributed by atoms with van der Waals surface area (Å²) < 4.78 is 0. The second kappa shape index (κ2) is 5.82. The van der Waals surface area contributed by atoms with E-state index in [1.807, 2.05) is 20.8 Å². The molecule has 0 saturated carbocycles. The molecular weight excluding hydrogens is 230 g/mol. The van der Waals surface area contributed by atoms with Crippen LogP contribution >= 0.6 is 11.6 Å². The molecule has 0 aromatic carbocycles. The maximum Gasteiger partial charge on any atom is 0.221 e. The Morgan fingerprint density at radius 3 is 2.25 bits per heavy atom. The van der Waals surface area contributed by atoms with Crippen molar-refractivity contribution in [3.05, 3.63) is 10.4 Å². The van der Waals surface area contributed by atoms with Crippen molar-refractivity contribution in [2.45, 2.75) is 51.7 Å². The van der Waals surface area contributed by atoms with Crippen LogP contribution in [0.1, 0.15) is 40.5 Å². The molecular formula is C9H16ClN5O.